The van der Waals surface area contributed by atoms with Crippen LogP contribution in [0.5, 0.6) is 5.75 Å². The van der Waals surface area contributed by atoms with Gasteiger partial charge in [0.15, 0.2) is 0 Å². The number of carbonyl (C=O) groups is 2. The first-order valence-corrected chi connectivity index (χ1v) is 10.1. The zero-order valence-electron chi connectivity index (χ0n) is 17.6. The van der Waals surface area contributed by atoms with Crippen molar-refractivity contribution in [2.45, 2.75) is 26.8 Å². The van der Waals surface area contributed by atoms with Crippen molar-refractivity contribution in [3.05, 3.63) is 71.6 Å². The largest absolute Gasteiger partial charge is 0.496 e. The van der Waals surface area contributed by atoms with Crippen molar-refractivity contribution in [2.24, 2.45) is 0 Å². The Morgan fingerprint density at radius 1 is 1.07 bits per heavy atom. The van der Waals surface area contributed by atoms with Crippen molar-refractivity contribution in [1.82, 2.24) is 15.2 Å². The average Bonchev–Trinajstić information content (AvgIpc) is 3.14. The number of amides is 2. The molecule has 0 aliphatic carbocycles. The molecule has 2 aromatic carbocycles. The first kappa shape index (κ1) is 21.2. The Bertz CT molecular complexity index is 1080. The van der Waals surface area contributed by atoms with Crippen molar-refractivity contribution in [3.8, 4) is 5.75 Å². The monoisotopic (exact) mass is 405 g/mol. The molecule has 6 nitrogen and oxygen atoms in total. The molecule has 1 heterocycles. The summed E-state index contributed by atoms with van der Waals surface area (Å²) >= 11 is 0. The number of aryl methyl sites for hydroxylation is 1. The second-order valence-electron chi connectivity index (χ2n) is 6.86. The number of aromatic nitrogens is 1. The number of carbonyl (C=O) groups excluding carboxylic acids is 2. The first-order valence-electron chi connectivity index (χ1n) is 10.1. The van der Waals surface area contributed by atoms with Gasteiger partial charge in [0.1, 0.15) is 11.4 Å². The number of hydrogen-bond acceptors (Lipinski definition) is 3. The van der Waals surface area contributed by atoms with Crippen LogP contribution in [0.15, 0.2) is 60.4 Å². The van der Waals surface area contributed by atoms with E-state index in [4.69, 9.17) is 4.74 Å². The van der Waals surface area contributed by atoms with Crippen LogP contribution in [0.4, 0.5) is 0 Å². The molecule has 0 fully saturated rings. The molecule has 0 spiro atoms. The minimum Gasteiger partial charge on any atom is -0.496 e. The van der Waals surface area contributed by atoms with E-state index in [0.717, 1.165) is 29.4 Å². The fourth-order valence-electron chi connectivity index (χ4n) is 3.32. The number of ether oxygens (including phenoxy) is 1. The van der Waals surface area contributed by atoms with E-state index in [-0.39, 0.29) is 11.6 Å². The average molecular weight is 405 g/mol. The number of rotatable bonds is 8. The Kier molecular flexibility index (Phi) is 6.91. The van der Waals surface area contributed by atoms with Gasteiger partial charge < -0.3 is 19.9 Å². The molecule has 6 heteroatoms. The smallest absolute Gasteiger partial charge is 0.267 e. The molecule has 0 bridgehead atoms. The summed E-state index contributed by atoms with van der Waals surface area (Å²) in [5.74, 6) is -0.274. The van der Waals surface area contributed by atoms with Gasteiger partial charge in [-0.05, 0) is 37.6 Å². The fourth-order valence-corrected chi connectivity index (χ4v) is 3.32. The van der Waals surface area contributed by atoms with Crippen LogP contribution in [-0.4, -0.2) is 30.0 Å². The van der Waals surface area contributed by atoms with Gasteiger partial charge in [-0.1, -0.05) is 37.3 Å². The van der Waals surface area contributed by atoms with E-state index in [0.29, 0.717) is 17.9 Å². The lowest BCUT2D eigenvalue weighted by molar-refractivity contribution is -0.117. The molecule has 0 unspecified atom stereocenters. The number of nitrogens with one attached hydrogen (secondary N) is 2. The Hall–Kier alpha value is -3.54. The lowest BCUT2D eigenvalue weighted by Crippen LogP contribution is -2.35. The van der Waals surface area contributed by atoms with Gasteiger partial charge in [-0.25, -0.2) is 0 Å². The van der Waals surface area contributed by atoms with Gasteiger partial charge in [-0.15, -0.1) is 0 Å². The van der Waals surface area contributed by atoms with Crippen molar-refractivity contribution in [1.29, 1.82) is 0 Å². The van der Waals surface area contributed by atoms with E-state index >= 15 is 0 Å². The molecule has 0 atom stereocenters. The van der Waals surface area contributed by atoms with E-state index in [1.165, 1.54) is 7.11 Å². The van der Waals surface area contributed by atoms with Crippen LogP contribution in [0.25, 0.3) is 17.0 Å². The van der Waals surface area contributed by atoms with Crippen LogP contribution in [0.2, 0.25) is 0 Å². The molecular weight excluding hydrogens is 378 g/mol. The maximum absolute atomic E-state index is 12.9. The zero-order chi connectivity index (χ0) is 21.5. The van der Waals surface area contributed by atoms with E-state index in [1.807, 2.05) is 37.4 Å². The quantitative estimate of drug-likeness (QED) is 0.557. The number of fused-ring (bicyclic) bond motifs is 1. The second kappa shape index (κ2) is 9.78. The molecule has 0 aliphatic rings. The van der Waals surface area contributed by atoms with Crippen molar-refractivity contribution < 1.29 is 14.3 Å². The summed E-state index contributed by atoms with van der Waals surface area (Å²) in [6.45, 7) is 5.38. The molecule has 156 valence electrons. The number of nitrogens with zero attached hydrogens (tertiary/aromatic N) is 1. The lowest BCUT2D eigenvalue weighted by atomic mass is 10.1. The SMILES string of the molecule is CCCNC(=O)/C(=C/c1cn(CC)c2ccccc12)NC(=O)c1ccccc1OC. The van der Waals surface area contributed by atoms with Gasteiger partial charge in [-0.2, -0.15) is 0 Å². The Morgan fingerprint density at radius 3 is 2.53 bits per heavy atom. The third kappa shape index (κ3) is 4.54. The van der Waals surface area contributed by atoms with Crippen LogP contribution < -0.4 is 15.4 Å². The van der Waals surface area contributed by atoms with Gasteiger partial charge in [0.25, 0.3) is 11.8 Å². The van der Waals surface area contributed by atoms with Crippen molar-refractivity contribution in [3.63, 3.8) is 0 Å². The van der Waals surface area contributed by atoms with Crippen molar-refractivity contribution in [2.75, 3.05) is 13.7 Å². The molecule has 0 aliphatic heterocycles. The van der Waals surface area contributed by atoms with Crippen LogP contribution >= 0.6 is 0 Å². The molecule has 0 saturated heterocycles. The summed E-state index contributed by atoms with van der Waals surface area (Å²) in [6.07, 6.45) is 4.52. The van der Waals surface area contributed by atoms with Crippen molar-refractivity contribution >= 4 is 28.8 Å². The third-order valence-corrected chi connectivity index (χ3v) is 4.84. The molecule has 30 heavy (non-hydrogen) atoms. The topological polar surface area (TPSA) is 72.4 Å². The molecule has 2 amide bonds. The van der Waals surface area contributed by atoms with E-state index < -0.39 is 5.91 Å². The molecule has 0 saturated carbocycles. The highest BCUT2D eigenvalue weighted by atomic mass is 16.5. The van der Waals surface area contributed by atoms with E-state index in [2.05, 4.69) is 22.1 Å². The highest BCUT2D eigenvalue weighted by Gasteiger charge is 2.18. The van der Waals surface area contributed by atoms with E-state index in [9.17, 15) is 9.59 Å². The summed E-state index contributed by atoms with van der Waals surface area (Å²) in [7, 11) is 1.51. The fraction of sp³-hybridized carbons (Fsp3) is 0.250. The Balaban J connectivity index is 2.01. The van der Waals surface area contributed by atoms with Crippen LogP contribution in [0, 0.1) is 0 Å². The predicted octanol–water partition coefficient (Wildman–Crippen LogP) is 3.97. The zero-order valence-corrected chi connectivity index (χ0v) is 17.6. The van der Waals surface area contributed by atoms with Gasteiger partial charge in [0, 0.05) is 35.8 Å². The maximum Gasteiger partial charge on any atom is 0.267 e. The van der Waals surface area contributed by atoms with Gasteiger partial charge in [0.05, 0.1) is 12.7 Å². The molecule has 3 aromatic rings. The second-order valence-corrected chi connectivity index (χ2v) is 6.86. The normalized spacial score (nSPS) is 11.4. The third-order valence-electron chi connectivity index (χ3n) is 4.84. The summed E-state index contributed by atoms with van der Waals surface area (Å²) < 4.78 is 7.40. The number of hydrogen-bond donors (Lipinski definition) is 2. The highest BCUT2D eigenvalue weighted by Crippen LogP contribution is 2.24. The lowest BCUT2D eigenvalue weighted by Gasteiger charge is -2.12. The maximum atomic E-state index is 12.9. The van der Waals surface area contributed by atoms with Crippen LogP contribution in [0.1, 0.15) is 36.2 Å². The molecule has 2 N–H and O–H groups in total. The predicted molar refractivity (Wildman–Crippen MR) is 119 cm³/mol. The number of methoxy groups -OCH3 is 1. The minimum absolute atomic E-state index is 0.193. The standard InChI is InChI=1S/C24H27N3O3/c1-4-14-25-24(29)20(26-23(28)19-11-7-9-13-22(19)30-3)15-17-16-27(5-2)21-12-8-6-10-18(17)21/h6-13,15-16H,4-5,14H2,1-3H3,(H,25,29)(H,26,28)/b20-15-. The Morgan fingerprint density at radius 2 is 1.80 bits per heavy atom. The van der Waals surface area contributed by atoms with E-state index in [1.54, 1.807) is 30.3 Å². The highest BCUT2D eigenvalue weighted by molar-refractivity contribution is 6.07. The summed E-state index contributed by atoms with van der Waals surface area (Å²) in [6, 6.07) is 14.9. The number of para-hydroxylation sites is 2. The van der Waals surface area contributed by atoms with Crippen LogP contribution in [0.3, 0.4) is 0 Å². The molecule has 0 radical (unpaired) electrons. The first-order chi connectivity index (χ1) is 14.6. The molecular formula is C24H27N3O3. The minimum atomic E-state index is -0.399. The van der Waals surface area contributed by atoms with Gasteiger partial charge in [-0.3, -0.25) is 9.59 Å². The summed E-state index contributed by atoms with van der Waals surface area (Å²) in [5, 5.41) is 6.65. The number of benzene rings is 2. The summed E-state index contributed by atoms with van der Waals surface area (Å²) in [5.41, 5.74) is 2.51. The molecule has 3 rings (SSSR count). The van der Waals surface area contributed by atoms with Crippen LogP contribution in [-0.2, 0) is 11.3 Å². The molecule has 1 aromatic heterocycles. The summed E-state index contributed by atoms with van der Waals surface area (Å²) in [4.78, 5) is 25.7. The van der Waals surface area contributed by atoms with Gasteiger partial charge >= 0.3 is 0 Å². The van der Waals surface area contributed by atoms with Gasteiger partial charge in [0.2, 0.25) is 0 Å². The Labute approximate surface area is 176 Å².